The summed E-state index contributed by atoms with van der Waals surface area (Å²) in [5.41, 5.74) is 2.88. The van der Waals surface area contributed by atoms with Crippen molar-refractivity contribution in [1.82, 2.24) is 0 Å². The SMILES string of the molecule is C=C(C)C1CCC(C)=CC1/C=C/CCC. The van der Waals surface area contributed by atoms with Crippen molar-refractivity contribution < 1.29 is 0 Å². The van der Waals surface area contributed by atoms with Crippen LogP contribution in [-0.2, 0) is 0 Å². The monoisotopic (exact) mass is 204 g/mol. The van der Waals surface area contributed by atoms with Gasteiger partial charge in [-0.2, -0.15) is 0 Å². The Kier molecular flexibility index (Phi) is 4.87. The van der Waals surface area contributed by atoms with Gasteiger partial charge in [0.15, 0.2) is 0 Å². The lowest BCUT2D eigenvalue weighted by Crippen LogP contribution is -2.16. The van der Waals surface area contributed by atoms with Crippen LogP contribution in [0.5, 0.6) is 0 Å². The second kappa shape index (κ2) is 5.95. The molecule has 0 radical (unpaired) electrons. The molecule has 0 saturated carbocycles. The molecule has 0 spiro atoms. The van der Waals surface area contributed by atoms with Crippen LogP contribution in [0.2, 0.25) is 0 Å². The first kappa shape index (κ1) is 12.3. The van der Waals surface area contributed by atoms with Gasteiger partial charge >= 0.3 is 0 Å². The second-order valence-electron chi connectivity index (χ2n) is 4.80. The van der Waals surface area contributed by atoms with E-state index in [2.05, 4.69) is 45.6 Å². The normalized spacial score (nSPS) is 26.7. The molecule has 0 amide bonds. The summed E-state index contributed by atoms with van der Waals surface area (Å²) >= 11 is 0. The fraction of sp³-hybridized carbons (Fsp3) is 0.600. The Hall–Kier alpha value is -0.780. The topological polar surface area (TPSA) is 0 Å². The molecule has 0 aromatic carbocycles. The Bertz CT molecular complexity index is 268. The smallest absolute Gasteiger partial charge is 0.00145 e. The van der Waals surface area contributed by atoms with Crippen LogP contribution in [-0.4, -0.2) is 0 Å². The fourth-order valence-corrected chi connectivity index (χ4v) is 2.29. The van der Waals surface area contributed by atoms with Crippen LogP contribution < -0.4 is 0 Å². The van der Waals surface area contributed by atoms with E-state index in [0.717, 1.165) is 0 Å². The predicted octanol–water partition coefficient (Wildman–Crippen LogP) is 4.89. The minimum Gasteiger partial charge on any atom is -0.0998 e. The van der Waals surface area contributed by atoms with E-state index < -0.39 is 0 Å². The predicted molar refractivity (Wildman–Crippen MR) is 68.8 cm³/mol. The molecule has 0 heterocycles. The number of allylic oxidation sites excluding steroid dienone is 5. The summed E-state index contributed by atoms with van der Waals surface area (Å²) in [7, 11) is 0. The van der Waals surface area contributed by atoms with Crippen LogP contribution in [0.1, 0.15) is 46.5 Å². The lowest BCUT2D eigenvalue weighted by Gasteiger charge is -2.28. The maximum Gasteiger partial charge on any atom is 0.00145 e. The minimum absolute atomic E-state index is 0.600. The molecular weight excluding hydrogens is 180 g/mol. The molecule has 1 aliphatic rings. The summed E-state index contributed by atoms with van der Waals surface area (Å²) in [6, 6.07) is 0. The number of rotatable bonds is 4. The molecule has 0 aromatic rings. The molecular formula is C15H24. The molecule has 0 fully saturated rings. The summed E-state index contributed by atoms with van der Waals surface area (Å²) in [6.45, 7) is 10.8. The van der Waals surface area contributed by atoms with Gasteiger partial charge in [0.25, 0.3) is 0 Å². The van der Waals surface area contributed by atoms with Gasteiger partial charge in [0.2, 0.25) is 0 Å². The van der Waals surface area contributed by atoms with E-state index in [9.17, 15) is 0 Å². The van der Waals surface area contributed by atoms with Crippen molar-refractivity contribution in [1.29, 1.82) is 0 Å². The van der Waals surface area contributed by atoms with Crippen LogP contribution in [0.3, 0.4) is 0 Å². The number of hydrogen-bond donors (Lipinski definition) is 0. The summed E-state index contributed by atoms with van der Waals surface area (Å²) in [6.07, 6.45) is 12.1. The van der Waals surface area contributed by atoms with E-state index in [1.165, 1.54) is 31.3 Å². The van der Waals surface area contributed by atoms with E-state index in [0.29, 0.717) is 11.8 Å². The number of unbranched alkanes of at least 4 members (excludes halogenated alkanes) is 1. The van der Waals surface area contributed by atoms with Crippen molar-refractivity contribution in [3.63, 3.8) is 0 Å². The van der Waals surface area contributed by atoms with Gasteiger partial charge in [-0.15, -0.1) is 0 Å². The van der Waals surface area contributed by atoms with Gasteiger partial charge in [-0.05, 0) is 39.0 Å². The van der Waals surface area contributed by atoms with Gasteiger partial charge in [0, 0.05) is 5.92 Å². The molecule has 0 saturated heterocycles. The Morgan fingerprint density at radius 3 is 2.93 bits per heavy atom. The number of hydrogen-bond acceptors (Lipinski definition) is 0. The van der Waals surface area contributed by atoms with Gasteiger partial charge < -0.3 is 0 Å². The molecule has 84 valence electrons. The highest BCUT2D eigenvalue weighted by Gasteiger charge is 2.21. The van der Waals surface area contributed by atoms with Gasteiger partial charge in [0.1, 0.15) is 0 Å². The van der Waals surface area contributed by atoms with Crippen LogP contribution in [0.15, 0.2) is 36.0 Å². The molecule has 0 heteroatoms. The van der Waals surface area contributed by atoms with Crippen LogP contribution >= 0.6 is 0 Å². The second-order valence-corrected chi connectivity index (χ2v) is 4.80. The minimum atomic E-state index is 0.600. The highest BCUT2D eigenvalue weighted by Crippen LogP contribution is 2.33. The summed E-state index contributed by atoms with van der Waals surface area (Å²) in [5, 5.41) is 0. The van der Waals surface area contributed by atoms with E-state index in [1.807, 2.05) is 0 Å². The first-order valence-electron chi connectivity index (χ1n) is 6.14. The van der Waals surface area contributed by atoms with Gasteiger partial charge in [0.05, 0.1) is 0 Å². The fourth-order valence-electron chi connectivity index (χ4n) is 2.29. The van der Waals surface area contributed by atoms with Crippen LogP contribution in [0.25, 0.3) is 0 Å². The van der Waals surface area contributed by atoms with Gasteiger partial charge in [-0.1, -0.05) is 49.3 Å². The Morgan fingerprint density at radius 1 is 1.60 bits per heavy atom. The Labute approximate surface area is 94.8 Å². The van der Waals surface area contributed by atoms with Crippen molar-refractivity contribution in [3.8, 4) is 0 Å². The zero-order chi connectivity index (χ0) is 11.3. The van der Waals surface area contributed by atoms with E-state index in [1.54, 1.807) is 5.57 Å². The molecule has 1 aliphatic carbocycles. The van der Waals surface area contributed by atoms with Crippen molar-refractivity contribution in [2.75, 3.05) is 0 Å². The van der Waals surface area contributed by atoms with E-state index in [-0.39, 0.29) is 0 Å². The van der Waals surface area contributed by atoms with Crippen molar-refractivity contribution in [2.45, 2.75) is 46.5 Å². The molecule has 1 rings (SSSR count). The highest BCUT2D eigenvalue weighted by molar-refractivity contribution is 5.18. The average molecular weight is 204 g/mol. The standard InChI is InChI=1S/C15H24/c1-5-6-7-8-14-11-13(4)9-10-15(14)12(2)3/h7-8,11,14-15H,2,5-6,9-10H2,1,3-4H3/b8-7+. The molecule has 0 aliphatic heterocycles. The van der Waals surface area contributed by atoms with E-state index in [4.69, 9.17) is 0 Å². The lowest BCUT2D eigenvalue weighted by molar-refractivity contribution is 0.460. The third kappa shape index (κ3) is 3.70. The third-order valence-corrected chi connectivity index (χ3v) is 3.24. The van der Waals surface area contributed by atoms with Crippen molar-refractivity contribution >= 4 is 0 Å². The summed E-state index contributed by atoms with van der Waals surface area (Å²) in [4.78, 5) is 0. The molecule has 0 nitrogen and oxygen atoms in total. The van der Waals surface area contributed by atoms with Crippen molar-refractivity contribution in [3.05, 3.63) is 36.0 Å². The zero-order valence-corrected chi connectivity index (χ0v) is 10.4. The molecule has 2 unspecified atom stereocenters. The molecule has 2 atom stereocenters. The average Bonchev–Trinajstić information content (AvgIpc) is 2.18. The Morgan fingerprint density at radius 2 is 2.33 bits per heavy atom. The van der Waals surface area contributed by atoms with Crippen LogP contribution in [0, 0.1) is 11.8 Å². The van der Waals surface area contributed by atoms with Crippen molar-refractivity contribution in [2.24, 2.45) is 11.8 Å². The molecule has 0 aromatic heterocycles. The van der Waals surface area contributed by atoms with Gasteiger partial charge in [-0.3, -0.25) is 0 Å². The maximum absolute atomic E-state index is 4.12. The quantitative estimate of drug-likeness (QED) is 0.572. The summed E-state index contributed by atoms with van der Waals surface area (Å²) in [5.74, 6) is 1.27. The molecule has 15 heavy (non-hydrogen) atoms. The largest absolute Gasteiger partial charge is 0.0998 e. The summed E-state index contributed by atoms with van der Waals surface area (Å²) < 4.78 is 0. The Balaban J connectivity index is 2.69. The first-order valence-corrected chi connectivity index (χ1v) is 6.14. The van der Waals surface area contributed by atoms with E-state index >= 15 is 0 Å². The molecule has 0 N–H and O–H groups in total. The third-order valence-electron chi connectivity index (χ3n) is 3.24. The first-order chi connectivity index (χ1) is 7.15. The lowest BCUT2D eigenvalue weighted by atomic mass is 9.77. The maximum atomic E-state index is 4.12. The highest BCUT2D eigenvalue weighted by atomic mass is 14.3. The van der Waals surface area contributed by atoms with Crippen LogP contribution in [0.4, 0.5) is 0 Å². The zero-order valence-electron chi connectivity index (χ0n) is 10.4. The van der Waals surface area contributed by atoms with Gasteiger partial charge in [-0.25, -0.2) is 0 Å². The molecule has 0 bridgehead atoms.